The fraction of sp³-hybridized carbons (Fsp3) is 0.278. The number of anilines is 3. The second-order valence-electron chi connectivity index (χ2n) is 6.30. The Morgan fingerprint density at radius 3 is 2.47 bits per heavy atom. The van der Waals surface area contributed by atoms with Gasteiger partial charge in [-0.05, 0) is 30.3 Å². The van der Waals surface area contributed by atoms with Gasteiger partial charge in [0.1, 0.15) is 11.6 Å². The number of benzene rings is 1. The predicted molar refractivity (Wildman–Crippen MR) is 102 cm³/mol. The Balaban J connectivity index is 2.04. The van der Waals surface area contributed by atoms with Crippen LogP contribution < -0.4 is 15.5 Å². The minimum absolute atomic E-state index is 0.0206. The number of hydrogen-bond donors (Lipinski definition) is 2. The molecule has 30 heavy (non-hydrogen) atoms. The van der Waals surface area contributed by atoms with Gasteiger partial charge in [0.05, 0.1) is 17.6 Å². The molecule has 7 nitrogen and oxygen atoms in total. The summed E-state index contributed by atoms with van der Waals surface area (Å²) in [5.41, 5.74) is -0.445. The molecule has 1 aliphatic heterocycles. The molecule has 2 aromatic rings. The van der Waals surface area contributed by atoms with Gasteiger partial charge in [-0.3, -0.25) is 9.69 Å². The molecule has 0 spiro atoms. The number of halogens is 5. The first-order chi connectivity index (χ1) is 14.2. The average Bonchev–Trinajstić information content (AvgIpc) is 2.71. The van der Waals surface area contributed by atoms with E-state index in [1.54, 1.807) is 0 Å². The van der Waals surface area contributed by atoms with Crippen molar-refractivity contribution in [2.75, 3.05) is 36.4 Å². The highest BCUT2D eigenvalue weighted by atomic mass is 35.5. The van der Waals surface area contributed by atoms with Crippen LogP contribution in [-0.4, -0.2) is 54.2 Å². The van der Waals surface area contributed by atoms with Crippen LogP contribution in [0.5, 0.6) is 0 Å². The number of nitrogens with one attached hydrogen (secondary N) is 2. The predicted octanol–water partition coefficient (Wildman–Crippen LogP) is 3.54. The molecule has 0 radical (unpaired) electrons. The lowest BCUT2D eigenvalue weighted by Crippen LogP contribution is -2.48. The third-order valence-electron chi connectivity index (χ3n) is 4.23. The van der Waals surface area contributed by atoms with Crippen LogP contribution in [-0.2, 0) is 4.79 Å². The van der Waals surface area contributed by atoms with E-state index in [4.69, 9.17) is 11.6 Å². The molecular formula is C18H16ClF4N5O2. The van der Waals surface area contributed by atoms with E-state index in [2.05, 4.69) is 15.6 Å². The summed E-state index contributed by atoms with van der Waals surface area (Å²) in [5.74, 6) is -3.56. The Morgan fingerprint density at radius 1 is 1.17 bits per heavy atom. The maximum Gasteiger partial charge on any atom is 0.472 e. The van der Waals surface area contributed by atoms with Crippen molar-refractivity contribution in [3.05, 3.63) is 47.4 Å². The van der Waals surface area contributed by atoms with Crippen molar-refractivity contribution in [3.8, 4) is 0 Å². The first kappa shape index (κ1) is 21.8. The average molecular weight is 446 g/mol. The van der Waals surface area contributed by atoms with Crippen LogP contribution in [0.3, 0.4) is 0 Å². The Kier molecular flexibility index (Phi) is 6.42. The van der Waals surface area contributed by atoms with Crippen molar-refractivity contribution in [1.29, 1.82) is 0 Å². The molecule has 0 atom stereocenters. The van der Waals surface area contributed by atoms with Crippen LogP contribution in [0.1, 0.15) is 0 Å². The zero-order valence-corrected chi connectivity index (χ0v) is 16.1. The number of pyridine rings is 1. The minimum atomic E-state index is -5.27. The van der Waals surface area contributed by atoms with E-state index in [1.165, 1.54) is 17.0 Å². The Bertz CT molecular complexity index is 933. The number of urea groups is 1. The van der Waals surface area contributed by atoms with E-state index in [9.17, 15) is 27.2 Å². The number of nitrogens with zero attached hydrogens (tertiary/aromatic N) is 3. The van der Waals surface area contributed by atoms with Gasteiger partial charge >= 0.3 is 18.1 Å². The van der Waals surface area contributed by atoms with Gasteiger partial charge in [0.25, 0.3) is 0 Å². The second-order valence-corrected chi connectivity index (χ2v) is 6.74. The quantitative estimate of drug-likeness (QED) is 0.708. The Hall–Kier alpha value is -2.92. The fourth-order valence-corrected chi connectivity index (χ4v) is 2.99. The molecule has 2 N–H and O–H groups in total. The van der Waals surface area contributed by atoms with Gasteiger partial charge in [-0.1, -0.05) is 11.6 Å². The number of piperazine rings is 1. The van der Waals surface area contributed by atoms with Crippen LogP contribution in [0.15, 0.2) is 36.5 Å². The molecule has 0 saturated carbocycles. The lowest BCUT2D eigenvalue weighted by atomic mass is 10.2. The molecule has 0 aliphatic carbocycles. The first-order valence-electron chi connectivity index (χ1n) is 8.76. The van der Waals surface area contributed by atoms with E-state index < -0.39 is 29.7 Å². The normalized spacial score (nSPS) is 14.4. The van der Waals surface area contributed by atoms with Gasteiger partial charge in [0.2, 0.25) is 0 Å². The highest BCUT2D eigenvalue weighted by Crippen LogP contribution is 2.37. The van der Waals surface area contributed by atoms with E-state index in [0.717, 1.165) is 18.2 Å². The summed E-state index contributed by atoms with van der Waals surface area (Å²) < 4.78 is 53.2. The number of carbonyl (C=O) groups is 2. The molecule has 0 unspecified atom stereocenters. The highest BCUT2D eigenvalue weighted by molar-refractivity contribution is 6.31. The topological polar surface area (TPSA) is 77.6 Å². The van der Waals surface area contributed by atoms with Crippen LogP contribution in [0, 0.1) is 5.82 Å². The molecule has 2 heterocycles. The summed E-state index contributed by atoms with van der Waals surface area (Å²) >= 11 is 5.95. The summed E-state index contributed by atoms with van der Waals surface area (Å²) in [6.07, 6.45) is -4.59. The molecule has 3 amide bonds. The van der Waals surface area contributed by atoms with Crippen molar-refractivity contribution in [1.82, 2.24) is 15.2 Å². The van der Waals surface area contributed by atoms with Gasteiger partial charge < -0.3 is 15.5 Å². The smallest absolute Gasteiger partial charge is 0.322 e. The molecule has 1 fully saturated rings. The zero-order chi connectivity index (χ0) is 21.9. The number of amides is 3. The first-order valence-corrected chi connectivity index (χ1v) is 9.13. The third kappa shape index (κ3) is 4.97. The molecule has 1 aromatic carbocycles. The fourth-order valence-electron chi connectivity index (χ4n) is 2.82. The van der Waals surface area contributed by atoms with Gasteiger partial charge in [0.15, 0.2) is 0 Å². The van der Waals surface area contributed by atoms with Crippen LogP contribution >= 0.6 is 11.6 Å². The number of aromatic nitrogens is 1. The van der Waals surface area contributed by atoms with Gasteiger partial charge in [-0.2, -0.15) is 13.2 Å². The number of carbonyl (C=O) groups excluding carboxylic acids is 2. The SMILES string of the molecule is O=C(Nc1ccc(Cl)cc1N(C(=O)C(F)(F)F)c1ccc(F)cn1)N1CCNCC1. The lowest BCUT2D eigenvalue weighted by molar-refractivity contribution is -0.169. The Morgan fingerprint density at radius 2 is 1.87 bits per heavy atom. The maximum atomic E-state index is 13.3. The summed E-state index contributed by atoms with van der Waals surface area (Å²) in [7, 11) is 0. The number of hydrogen-bond acceptors (Lipinski definition) is 4. The van der Waals surface area contributed by atoms with Crippen LogP contribution in [0.4, 0.5) is 39.5 Å². The molecule has 1 saturated heterocycles. The molecule has 1 aromatic heterocycles. The monoisotopic (exact) mass is 445 g/mol. The van der Waals surface area contributed by atoms with Gasteiger partial charge in [-0.25, -0.2) is 14.2 Å². The number of rotatable bonds is 3. The molecule has 12 heteroatoms. The van der Waals surface area contributed by atoms with Crippen molar-refractivity contribution in [2.45, 2.75) is 6.18 Å². The molecule has 3 rings (SSSR count). The largest absolute Gasteiger partial charge is 0.472 e. The summed E-state index contributed by atoms with van der Waals surface area (Å²) in [5, 5.41) is 5.61. The summed E-state index contributed by atoms with van der Waals surface area (Å²) in [6.45, 7) is 1.94. The van der Waals surface area contributed by atoms with E-state index >= 15 is 0 Å². The highest BCUT2D eigenvalue weighted by Gasteiger charge is 2.45. The Labute approximate surface area is 173 Å². The second kappa shape index (κ2) is 8.84. The van der Waals surface area contributed by atoms with Crippen molar-refractivity contribution in [2.24, 2.45) is 0 Å². The molecule has 1 aliphatic rings. The lowest BCUT2D eigenvalue weighted by Gasteiger charge is -2.29. The van der Waals surface area contributed by atoms with Crippen molar-refractivity contribution >= 4 is 40.7 Å². The standard InChI is InChI=1S/C18H16ClF4N5O2/c19-11-1-3-13(26-17(30)27-7-5-24-6-8-27)14(9-11)28(16(29)18(21,22)23)15-4-2-12(20)10-25-15/h1-4,9-10,24H,5-8H2,(H,26,30). The molecular weight excluding hydrogens is 430 g/mol. The number of alkyl halides is 3. The molecule has 0 bridgehead atoms. The maximum absolute atomic E-state index is 13.3. The van der Waals surface area contributed by atoms with E-state index in [0.29, 0.717) is 32.4 Å². The van der Waals surface area contributed by atoms with E-state index in [-0.39, 0.29) is 21.3 Å². The van der Waals surface area contributed by atoms with Crippen molar-refractivity contribution < 1.29 is 27.2 Å². The van der Waals surface area contributed by atoms with Crippen LogP contribution in [0.25, 0.3) is 0 Å². The van der Waals surface area contributed by atoms with Gasteiger partial charge in [0, 0.05) is 31.2 Å². The zero-order valence-electron chi connectivity index (χ0n) is 15.3. The minimum Gasteiger partial charge on any atom is -0.322 e. The van der Waals surface area contributed by atoms with E-state index in [1.807, 2.05) is 0 Å². The van der Waals surface area contributed by atoms with Gasteiger partial charge in [-0.15, -0.1) is 0 Å². The molecule has 160 valence electrons. The summed E-state index contributed by atoms with van der Waals surface area (Å²) in [4.78, 5) is 30.0. The third-order valence-corrected chi connectivity index (χ3v) is 4.47. The summed E-state index contributed by atoms with van der Waals surface area (Å²) in [6, 6.07) is 4.95. The van der Waals surface area contributed by atoms with Crippen LogP contribution in [0.2, 0.25) is 5.02 Å². The van der Waals surface area contributed by atoms with Crippen molar-refractivity contribution in [3.63, 3.8) is 0 Å².